The third-order valence-electron chi connectivity index (χ3n) is 3.78. The fourth-order valence-corrected chi connectivity index (χ4v) is 2.87. The molecular weight excluding hydrogens is 258 g/mol. The first-order valence-electron chi connectivity index (χ1n) is 7.47. The van der Waals surface area contributed by atoms with Crippen LogP contribution in [0.15, 0.2) is 48.5 Å². The molecule has 1 aromatic heterocycles. The van der Waals surface area contributed by atoms with Gasteiger partial charge in [0.2, 0.25) is 0 Å². The van der Waals surface area contributed by atoms with Crippen molar-refractivity contribution >= 4 is 11.0 Å². The number of hydrogen-bond donors (Lipinski definition) is 1. The van der Waals surface area contributed by atoms with E-state index in [0.717, 1.165) is 17.8 Å². The van der Waals surface area contributed by atoms with Crippen molar-refractivity contribution in [2.45, 2.75) is 26.3 Å². The number of para-hydroxylation sites is 2. The van der Waals surface area contributed by atoms with Crippen LogP contribution in [0.2, 0.25) is 0 Å². The smallest absolute Gasteiger partial charge is 0.141 e. The van der Waals surface area contributed by atoms with Gasteiger partial charge >= 0.3 is 0 Å². The summed E-state index contributed by atoms with van der Waals surface area (Å²) < 4.78 is 2.31. The van der Waals surface area contributed by atoms with Crippen molar-refractivity contribution in [1.82, 2.24) is 9.55 Å². The Kier molecular flexibility index (Phi) is 3.76. The number of fused-ring (bicyclic) bond motifs is 1. The monoisotopic (exact) mass is 279 g/mol. The van der Waals surface area contributed by atoms with Gasteiger partial charge in [0.25, 0.3) is 0 Å². The molecule has 0 amide bonds. The van der Waals surface area contributed by atoms with E-state index in [1.807, 2.05) is 6.07 Å². The fourth-order valence-electron chi connectivity index (χ4n) is 2.87. The molecule has 0 bridgehead atoms. The Morgan fingerprint density at radius 2 is 1.76 bits per heavy atom. The van der Waals surface area contributed by atoms with Crippen LogP contribution in [0.25, 0.3) is 22.4 Å². The second-order valence-electron chi connectivity index (χ2n) is 5.58. The minimum atomic E-state index is 0.360. The van der Waals surface area contributed by atoms with Crippen LogP contribution in [0.3, 0.4) is 0 Å². The summed E-state index contributed by atoms with van der Waals surface area (Å²) in [7, 11) is 0. The molecule has 3 rings (SSSR count). The molecule has 2 N–H and O–H groups in total. The summed E-state index contributed by atoms with van der Waals surface area (Å²) in [5, 5.41) is 0. The Labute approximate surface area is 125 Å². The Morgan fingerprint density at radius 3 is 2.52 bits per heavy atom. The molecule has 21 heavy (non-hydrogen) atoms. The van der Waals surface area contributed by atoms with Crippen LogP contribution in [0.5, 0.6) is 0 Å². The molecule has 0 fully saturated rings. The number of aromatic nitrogens is 2. The van der Waals surface area contributed by atoms with Crippen molar-refractivity contribution in [3.8, 4) is 11.4 Å². The number of hydrogen-bond acceptors (Lipinski definition) is 2. The Morgan fingerprint density at radius 1 is 1.05 bits per heavy atom. The molecule has 0 aliphatic heterocycles. The highest BCUT2D eigenvalue weighted by Gasteiger charge is 2.16. The second-order valence-corrected chi connectivity index (χ2v) is 5.58. The topological polar surface area (TPSA) is 43.8 Å². The first-order chi connectivity index (χ1) is 10.2. The molecule has 0 atom stereocenters. The zero-order chi connectivity index (χ0) is 14.8. The van der Waals surface area contributed by atoms with Gasteiger partial charge in [-0.05, 0) is 44.5 Å². The molecule has 0 radical (unpaired) electrons. The lowest BCUT2D eigenvalue weighted by atomic mass is 10.0. The van der Waals surface area contributed by atoms with Crippen LogP contribution < -0.4 is 5.73 Å². The number of benzene rings is 2. The third kappa shape index (κ3) is 2.45. The van der Waals surface area contributed by atoms with Crippen molar-refractivity contribution in [3.63, 3.8) is 0 Å². The van der Waals surface area contributed by atoms with E-state index in [0.29, 0.717) is 12.6 Å². The quantitative estimate of drug-likeness (QED) is 0.789. The van der Waals surface area contributed by atoms with Crippen molar-refractivity contribution in [2.75, 3.05) is 6.54 Å². The molecule has 0 aliphatic rings. The maximum Gasteiger partial charge on any atom is 0.141 e. The summed E-state index contributed by atoms with van der Waals surface area (Å²) in [6.45, 7) is 5.05. The Bertz CT molecular complexity index is 756. The van der Waals surface area contributed by atoms with Gasteiger partial charge in [0.15, 0.2) is 0 Å². The van der Waals surface area contributed by atoms with E-state index in [1.165, 1.54) is 16.6 Å². The highest BCUT2D eigenvalue weighted by atomic mass is 15.1. The molecule has 0 saturated carbocycles. The summed E-state index contributed by atoms with van der Waals surface area (Å²) in [5.41, 5.74) is 10.4. The molecule has 0 spiro atoms. The molecule has 108 valence electrons. The lowest BCUT2D eigenvalue weighted by Gasteiger charge is -2.15. The predicted molar refractivity (Wildman–Crippen MR) is 88.3 cm³/mol. The molecule has 2 aromatic carbocycles. The van der Waals surface area contributed by atoms with Crippen molar-refractivity contribution < 1.29 is 0 Å². The van der Waals surface area contributed by atoms with Crippen LogP contribution in [0.4, 0.5) is 0 Å². The largest absolute Gasteiger partial charge is 0.330 e. The number of nitrogens with two attached hydrogens (primary N) is 1. The third-order valence-corrected chi connectivity index (χ3v) is 3.78. The molecule has 0 aliphatic carbocycles. The minimum Gasteiger partial charge on any atom is -0.330 e. The van der Waals surface area contributed by atoms with Crippen molar-refractivity contribution in [1.29, 1.82) is 0 Å². The van der Waals surface area contributed by atoms with E-state index in [-0.39, 0.29) is 0 Å². The molecule has 0 unspecified atom stereocenters. The van der Waals surface area contributed by atoms with Gasteiger partial charge in [-0.15, -0.1) is 0 Å². The number of nitrogens with zero attached hydrogens (tertiary/aromatic N) is 2. The van der Waals surface area contributed by atoms with Crippen LogP contribution in [0.1, 0.15) is 25.5 Å². The average Bonchev–Trinajstić information content (AvgIpc) is 2.87. The van der Waals surface area contributed by atoms with Gasteiger partial charge in [-0.2, -0.15) is 0 Å². The zero-order valence-corrected chi connectivity index (χ0v) is 12.6. The summed E-state index contributed by atoms with van der Waals surface area (Å²) in [6, 6.07) is 17.1. The van der Waals surface area contributed by atoms with Gasteiger partial charge in [0, 0.05) is 11.6 Å². The first kappa shape index (κ1) is 13.8. The van der Waals surface area contributed by atoms with E-state index >= 15 is 0 Å². The van der Waals surface area contributed by atoms with Gasteiger partial charge in [-0.3, -0.25) is 0 Å². The summed E-state index contributed by atoms with van der Waals surface area (Å²) in [6.07, 6.45) is 0.872. The van der Waals surface area contributed by atoms with Gasteiger partial charge < -0.3 is 10.3 Å². The van der Waals surface area contributed by atoms with E-state index in [1.54, 1.807) is 0 Å². The van der Waals surface area contributed by atoms with Crippen LogP contribution in [0, 0.1) is 0 Å². The molecule has 1 heterocycles. The van der Waals surface area contributed by atoms with E-state index < -0.39 is 0 Å². The van der Waals surface area contributed by atoms with Gasteiger partial charge in [-0.1, -0.05) is 36.4 Å². The number of imidazole rings is 1. The van der Waals surface area contributed by atoms with Crippen molar-refractivity contribution in [3.05, 3.63) is 54.1 Å². The lowest BCUT2D eigenvalue weighted by molar-refractivity contribution is 0.624. The van der Waals surface area contributed by atoms with Crippen LogP contribution >= 0.6 is 0 Å². The van der Waals surface area contributed by atoms with Crippen molar-refractivity contribution in [2.24, 2.45) is 5.73 Å². The van der Waals surface area contributed by atoms with Gasteiger partial charge in [0.1, 0.15) is 5.82 Å². The molecule has 3 aromatic rings. The maximum atomic E-state index is 5.75. The first-order valence-corrected chi connectivity index (χ1v) is 7.47. The SMILES string of the molecule is CC(C)n1c(-c2ccccc2CCN)nc2ccccc21. The second kappa shape index (κ2) is 5.70. The molecule has 3 nitrogen and oxygen atoms in total. The average molecular weight is 279 g/mol. The summed E-state index contributed by atoms with van der Waals surface area (Å²) >= 11 is 0. The Balaban J connectivity index is 2.27. The summed E-state index contributed by atoms with van der Waals surface area (Å²) in [4.78, 5) is 4.87. The van der Waals surface area contributed by atoms with E-state index in [2.05, 4.69) is 60.9 Å². The molecular formula is C18H21N3. The highest BCUT2D eigenvalue weighted by molar-refractivity contribution is 5.81. The molecule has 0 saturated heterocycles. The van der Waals surface area contributed by atoms with Crippen LogP contribution in [-0.2, 0) is 6.42 Å². The number of rotatable bonds is 4. The highest BCUT2D eigenvalue weighted by Crippen LogP contribution is 2.30. The van der Waals surface area contributed by atoms with E-state index in [9.17, 15) is 0 Å². The lowest BCUT2D eigenvalue weighted by Crippen LogP contribution is -2.07. The summed E-state index contributed by atoms with van der Waals surface area (Å²) in [5.74, 6) is 1.04. The van der Waals surface area contributed by atoms with Gasteiger partial charge in [0.05, 0.1) is 11.0 Å². The molecule has 3 heteroatoms. The van der Waals surface area contributed by atoms with Gasteiger partial charge in [-0.25, -0.2) is 4.98 Å². The Hall–Kier alpha value is -2.13. The fraction of sp³-hybridized carbons (Fsp3) is 0.278. The normalized spacial score (nSPS) is 11.4. The van der Waals surface area contributed by atoms with E-state index in [4.69, 9.17) is 10.7 Å². The minimum absolute atomic E-state index is 0.360. The zero-order valence-electron chi connectivity index (χ0n) is 12.6. The maximum absolute atomic E-state index is 5.75. The standard InChI is InChI=1S/C18H21N3/c1-13(2)21-17-10-6-5-9-16(17)20-18(21)15-8-4-3-7-14(15)11-12-19/h3-10,13H,11-12,19H2,1-2H3. The predicted octanol–water partition coefficient (Wildman–Crippen LogP) is 3.79. The van der Waals surface area contributed by atoms with Crippen LogP contribution in [-0.4, -0.2) is 16.1 Å².